The van der Waals surface area contributed by atoms with Crippen molar-refractivity contribution < 1.29 is 17.6 Å². The van der Waals surface area contributed by atoms with E-state index in [0.717, 1.165) is 6.07 Å². The summed E-state index contributed by atoms with van der Waals surface area (Å²) in [6.45, 7) is 10.5. The zero-order valence-electron chi connectivity index (χ0n) is 19.4. The molecule has 33 heavy (non-hydrogen) atoms. The van der Waals surface area contributed by atoms with Gasteiger partial charge in [0, 0.05) is 21.4 Å². The summed E-state index contributed by atoms with van der Waals surface area (Å²) in [5, 5.41) is 0.122. The van der Waals surface area contributed by atoms with Crippen molar-refractivity contribution in [1.82, 2.24) is 0 Å². The molecule has 3 rings (SSSR count). The molecule has 0 atom stereocenters. The summed E-state index contributed by atoms with van der Waals surface area (Å²) in [6, 6.07) is 9.92. The summed E-state index contributed by atoms with van der Waals surface area (Å²) in [7, 11) is 0. The van der Waals surface area contributed by atoms with E-state index in [1.54, 1.807) is 45.9 Å². The SMILES string of the molecule is CC(C)c1cc(Cl)c(C(C)(C)c2ccc(C(C)(C)c3cccc(F)c3F)c(Cl)c2F)cc1F. The van der Waals surface area contributed by atoms with E-state index in [0.29, 0.717) is 21.7 Å². The smallest absolute Gasteiger partial charge is 0.162 e. The Morgan fingerprint density at radius 1 is 0.667 bits per heavy atom. The van der Waals surface area contributed by atoms with Gasteiger partial charge in [0.15, 0.2) is 11.6 Å². The molecule has 0 fully saturated rings. The number of hydrogen-bond donors (Lipinski definition) is 0. The van der Waals surface area contributed by atoms with Crippen LogP contribution in [0.15, 0.2) is 42.5 Å². The summed E-state index contributed by atoms with van der Waals surface area (Å²) < 4.78 is 58.8. The van der Waals surface area contributed by atoms with Crippen LogP contribution in [0.5, 0.6) is 0 Å². The molecule has 0 amide bonds. The molecule has 176 valence electrons. The van der Waals surface area contributed by atoms with Crippen LogP contribution < -0.4 is 0 Å². The molecule has 0 aromatic heterocycles. The topological polar surface area (TPSA) is 0 Å². The molecule has 0 radical (unpaired) electrons. The van der Waals surface area contributed by atoms with Crippen LogP contribution in [0.3, 0.4) is 0 Å². The lowest BCUT2D eigenvalue weighted by atomic mass is 9.74. The van der Waals surface area contributed by atoms with E-state index < -0.39 is 34.1 Å². The Morgan fingerprint density at radius 3 is 1.82 bits per heavy atom. The van der Waals surface area contributed by atoms with Gasteiger partial charge in [-0.25, -0.2) is 17.6 Å². The molecular weight excluding hydrogens is 471 g/mol. The fourth-order valence-corrected chi connectivity index (χ4v) is 5.08. The summed E-state index contributed by atoms with van der Waals surface area (Å²) in [5.74, 6) is -3.18. The Bertz CT molecular complexity index is 1210. The molecule has 0 spiro atoms. The maximum Gasteiger partial charge on any atom is 0.162 e. The lowest BCUT2D eigenvalue weighted by Gasteiger charge is -2.32. The van der Waals surface area contributed by atoms with Crippen LogP contribution in [0.4, 0.5) is 17.6 Å². The Labute approximate surface area is 202 Å². The van der Waals surface area contributed by atoms with E-state index in [2.05, 4.69) is 0 Å². The van der Waals surface area contributed by atoms with E-state index in [-0.39, 0.29) is 22.1 Å². The maximum atomic E-state index is 15.7. The van der Waals surface area contributed by atoms with Crippen molar-refractivity contribution in [2.75, 3.05) is 0 Å². The first-order chi connectivity index (χ1) is 15.2. The molecule has 3 aromatic carbocycles. The second-order valence-corrected chi connectivity index (χ2v) is 10.4. The van der Waals surface area contributed by atoms with E-state index in [1.165, 1.54) is 18.2 Å². The molecule has 0 saturated heterocycles. The van der Waals surface area contributed by atoms with Gasteiger partial charge in [0.05, 0.1) is 5.02 Å². The minimum atomic E-state index is -1.12. The average molecular weight is 497 g/mol. The van der Waals surface area contributed by atoms with Crippen molar-refractivity contribution in [1.29, 1.82) is 0 Å². The van der Waals surface area contributed by atoms with Gasteiger partial charge in [0.2, 0.25) is 0 Å². The van der Waals surface area contributed by atoms with Gasteiger partial charge in [-0.15, -0.1) is 0 Å². The van der Waals surface area contributed by atoms with Crippen LogP contribution in [-0.2, 0) is 10.8 Å². The maximum absolute atomic E-state index is 15.7. The van der Waals surface area contributed by atoms with Gasteiger partial charge in [0.1, 0.15) is 11.6 Å². The van der Waals surface area contributed by atoms with Gasteiger partial charge in [-0.1, -0.05) is 89.0 Å². The highest BCUT2D eigenvalue weighted by Gasteiger charge is 2.35. The third-order valence-corrected chi connectivity index (χ3v) is 7.12. The van der Waals surface area contributed by atoms with Gasteiger partial charge in [-0.3, -0.25) is 0 Å². The van der Waals surface area contributed by atoms with Gasteiger partial charge in [-0.2, -0.15) is 0 Å². The molecule has 0 bridgehead atoms. The van der Waals surface area contributed by atoms with Crippen molar-refractivity contribution in [3.63, 3.8) is 0 Å². The van der Waals surface area contributed by atoms with Crippen LogP contribution >= 0.6 is 23.2 Å². The van der Waals surface area contributed by atoms with Crippen molar-refractivity contribution in [2.24, 2.45) is 0 Å². The minimum absolute atomic E-state index is 0.0597. The molecule has 0 aliphatic carbocycles. The predicted octanol–water partition coefficient (Wildman–Crippen LogP) is 9.32. The standard InChI is InChI=1S/C27H26Cl2F4/c1-14(2)15-12-20(28)19(13-22(15)31)27(5,6)18-11-10-16(23(29)25(18)33)26(3,4)17-8-7-9-21(30)24(17)32/h7-14H,1-6H3. The zero-order valence-corrected chi connectivity index (χ0v) is 20.9. The van der Waals surface area contributed by atoms with Crippen molar-refractivity contribution in [3.8, 4) is 0 Å². The highest BCUT2D eigenvalue weighted by molar-refractivity contribution is 6.32. The van der Waals surface area contributed by atoms with Gasteiger partial charge in [0.25, 0.3) is 0 Å². The van der Waals surface area contributed by atoms with Crippen molar-refractivity contribution in [3.05, 3.63) is 104 Å². The first kappa shape index (κ1) is 25.6. The minimum Gasteiger partial charge on any atom is -0.207 e. The third-order valence-electron chi connectivity index (χ3n) is 6.44. The van der Waals surface area contributed by atoms with Gasteiger partial charge >= 0.3 is 0 Å². The van der Waals surface area contributed by atoms with Crippen LogP contribution in [0, 0.1) is 23.3 Å². The van der Waals surface area contributed by atoms with E-state index >= 15 is 4.39 Å². The molecule has 0 nitrogen and oxygen atoms in total. The normalized spacial score (nSPS) is 12.5. The third kappa shape index (κ3) is 4.40. The lowest BCUT2D eigenvalue weighted by molar-refractivity contribution is 0.473. The van der Waals surface area contributed by atoms with Crippen LogP contribution in [0.1, 0.15) is 75.3 Å². The highest BCUT2D eigenvalue weighted by Crippen LogP contribution is 2.44. The van der Waals surface area contributed by atoms with Crippen LogP contribution in [0.2, 0.25) is 10.0 Å². The fourth-order valence-electron chi connectivity index (χ4n) is 4.28. The summed E-state index contributed by atoms with van der Waals surface area (Å²) in [5.41, 5.74) is -0.658. The molecule has 0 aliphatic heterocycles. The first-order valence-corrected chi connectivity index (χ1v) is 11.4. The molecule has 6 heteroatoms. The highest BCUT2D eigenvalue weighted by atomic mass is 35.5. The fraction of sp³-hybridized carbons (Fsp3) is 0.333. The van der Waals surface area contributed by atoms with Gasteiger partial charge < -0.3 is 0 Å². The molecule has 0 aliphatic rings. The Morgan fingerprint density at radius 2 is 1.21 bits per heavy atom. The van der Waals surface area contributed by atoms with Crippen LogP contribution in [0.25, 0.3) is 0 Å². The van der Waals surface area contributed by atoms with E-state index in [9.17, 15) is 13.2 Å². The Hall–Kier alpha value is -2.04. The number of rotatable bonds is 5. The first-order valence-electron chi connectivity index (χ1n) is 10.6. The monoisotopic (exact) mass is 496 g/mol. The number of hydrogen-bond acceptors (Lipinski definition) is 0. The van der Waals surface area contributed by atoms with E-state index in [1.807, 2.05) is 13.8 Å². The summed E-state index contributed by atoms with van der Waals surface area (Å²) in [6.07, 6.45) is 0. The Kier molecular flexibility index (Phi) is 6.94. The average Bonchev–Trinajstić information content (AvgIpc) is 2.72. The van der Waals surface area contributed by atoms with Gasteiger partial charge in [-0.05, 0) is 46.4 Å². The molecule has 3 aromatic rings. The molecule has 0 saturated carbocycles. The quantitative estimate of drug-likeness (QED) is 0.308. The molecule has 0 unspecified atom stereocenters. The van der Waals surface area contributed by atoms with Crippen molar-refractivity contribution in [2.45, 2.75) is 58.3 Å². The van der Waals surface area contributed by atoms with Crippen molar-refractivity contribution >= 4 is 23.2 Å². The summed E-state index contributed by atoms with van der Waals surface area (Å²) in [4.78, 5) is 0. The number of benzene rings is 3. The molecule has 0 heterocycles. The summed E-state index contributed by atoms with van der Waals surface area (Å²) >= 11 is 12.9. The molecular formula is C27H26Cl2F4. The predicted molar refractivity (Wildman–Crippen MR) is 128 cm³/mol. The van der Waals surface area contributed by atoms with Crippen LogP contribution in [-0.4, -0.2) is 0 Å². The lowest BCUT2D eigenvalue weighted by Crippen LogP contribution is -2.25. The largest absolute Gasteiger partial charge is 0.207 e. The molecule has 0 N–H and O–H groups in total. The number of halogens is 6. The zero-order chi connectivity index (χ0) is 24.9. The van der Waals surface area contributed by atoms with E-state index in [4.69, 9.17) is 23.2 Å². The second-order valence-electron chi connectivity index (χ2n) is 9.65. The second kappa shape index (κ2) is 8.96. The Balaban J connectivity index is 2.15.